The fourth-order valence-corrected chi connectivity index (χ4v) is 2.93. The fourth-order valence-electron chi connectivity index (χ4n) is 2.74. The van der Waals surface area contributed by atoms with Crippen molar-refractivity contribution in [3.63, 3.8) is 0 Å². The molecule has 0 radical (unpaired) electrons. The lowest BCUT2D eigenvalue weighted by Gasteiger charge is -2.18. The molecule has 0 amide bonds. The van der Waals surface area contributed by atoms with Crippen molar-refractivity contribution >= 4 is 17.3 Å². The molecule has 0 heterocycles. The molecule has 0 aliphatic heterocycles. The van der Waals surface area contributed by atoms with Crippen LogP contribution in [0.5, 0.6) is 0 Å². The highest BCUT2D eigenvalue weighted by molar-refractivity contribution is 6.30. The van der Waals surface area contributed by atoms with Crippen LogP contribution in [0.25, 0.3) is 0 Å². The minimum atomic E-state index is -0.416. The Bertz CT molecular complexity index is 475. The predicted octanol–water partition coefficient (Wildman–Crippen LogP) is 2.89. The van der Waals surface area contributed by atoms with Crippen LogP contribution in [0, 0.1) is 16.0 Å². The van der Waals surface area contributed by atoms with Gasteiger partial charge in [-0.15, -0.1) is 0 Å². The lowest BCUT2D eigenvalue weighted by molar-refractivity contribution is -0.385. The van der Waals surface area contributed by atoms with Gasteiger partial charge in [-0.3, -0.25) is 10.1 Å². The number of hydrogen-bond acceptors (Lipinski definition) is 4. The Morgan fingerprint density at radius 2 is 2.15 bits per heavy atom. The second-order valence-corrected chi connectivity index (χ2v) is 5.71. The standard InChI is InChI=1S/C14H19ClN2O3/c15-12-5-6-13(17(19)20)11(7-12)8-16-9-14(18)10-3-1-2-4-10/h5-7,10,14,16,18H,1-4,8-9H2. The number of aliphatic hydroxyl groups excluding tert-OH is 1. The average molecular weight is 299 g/mol. The number of benzene rings is 1. The zero-order valence-corrected chi connectivity index (χ0v) is 12.0. The zero-order chi connectivity index (χ0) is 14.5. The number of rotatable bonds is 6. The maximum atomic E-state index is 10.9. The lowest BCUT2D eigenvalue weighted by atomic mass is 10.0. The molecule has 5 nitrogen and oxygen atoms in total. The number of nitrogens with zero attached hydrogens (tertiary/aromatic N) is 1. The average Bonchev–Trinajstić information content (AvgIpc) is 2.92. The highest BCUT2D eigenvalue weighted by Crippen LogP contribution is 2.27. The third-order valence-corrected chi connectivity index (χ3v) is 4.09. The largest absolute Gasteiger partial charge is 0.392 e. The highest BCUT2D eigenvalue weighted by Gasteiger charge is 2.23. The van der Waals surface area contributed by atoms with Crippen molar-refractivity contribution in [2.75, 3.05) is 6.54 Å². The SMILES string of the molecule is O=[N+]([O-])c1ccc(Cl)cc1CNCC(O)C1CCCC1. The first-order valence-corrected chi connectivity index (χ1v) is 7.27. The summed E-state index contributed by atoms with van der Waals surface area (Å²) in [5.41, 5.74) is 0.596. The van der Waals surface area contributed by atoms with Gasteiger partial charge < -0.3 is 10.4 Å². The summed E-state index contributed by atoms with van der Waals surface area (Å²) in [6.45, 7) is 0.787. The number of nitro groups is 1. The Morgan fingerprint density at radius 1 is 1.45 bits per heavy atom. The number of hydrogen-bond donors (Lipinski definition) is 2. The molecule has 1 saturated carbocycles. The summed E-state index contributed by atoms with van der Waals surface area (Å²) >= 11 is 5.87. The summed E-state index contributed by atoms with van der Waals surface area (Å²) in [4.78, 5) is 10.5. The molecule has 0 saturated heterocycles. The minimum absolute atomic E-state index is 0.0530. The van der Waals surface area contributed by atoms with Crippen molar-refractivity contribution in [1.82, 2.24) is 5.32 Å². The molecule has 20 heavy (non-hydrogen) atoms. The van der Waals surface area contributed by atoms with E-state index in [0.29, 0.717) is 29.6 Å². The van der Waals surface area contributed by atoms with E-state index >= 15 is 0 Å². The number of aliphatic hydroxyl groups is 1. The summed E-state index contributed by atoms with van der Waals surface area (Å²) in [6, 6.07) is 4.51. The summed E-state index contributed by atoms with van der Waals surface area (Å²) in [5, 5.41) is 24.5. The van der Waals surface area contributed by atoms with E-state index in [2.05, 4.69) is 5.32 Å². The van der Waals surface area contributed by atoms with Gasteiger partial charge in [0.25, 0.3) is 5.69 Å². The molecule has 110 valence electrons. The van der Waals surface area contributed by atoms with Crippen LogP contribution in [0.15, 0.2) is 18.2 Å². The van der Waals surface area contributed by atoms with Crippen LogP contribution < -0.4 is 5.32 Å². The molecule has 1 atom stereocenters. The lowest BCUT2D eigenvalue weighted by Crippen LogP contribution is -2.31. The van der Waals surface area contributed by atoms with E-state index in [-0.39, 0.29) is 11.8 Å². The first-order chi connectivity index (χ1) is 9.58. The molecule has 2 N–H and O–H groups in total. The van der Waals surface area contributed by atoms with E-state index in [0.717, 1.165) is 12.8 Å². The fraction of sp³-hybridized carbons (Fsp3) is 0.571. The molecule has 1 aliphatic rings. The third-order valence-electron chi connectivity index (χ3n) is 3.85. The van der Waals surface area contributed by atoms with E-state index < -0.39 is 4.92 Å². The van der Waals surface area contributed by atoms with E-state index in [1.165, 1.54) is 25.0 Å². The first kappa shape index (κ1) is 15.2. The van der Waals surface area contributed by atoms with Crippen molar-refractivity contribution in [1.29, 1.82) is 0 Å². The maximum absolute atomic E-state index is 10.9. The molecule has 2 rings (SSSR count). The second kappa shape index (κ2) is 7.02. The van der Waals surface area contributed by atoms with Crippen LogP contribution in [0.2, 0.25) is 5.02 Å². The Hall–Kier alpha value is -1.17. The van der Waals surface area contributed by atoms with E-state index in [1.54, 1.807) is 6.07 Å². The van der Waals surface area contributed by atoms with Gasteiger partial charge in [0.15, 0.2) is 0 Å². The van der Waals surface area contributed by atoms with Crippen LogP contribution in [-0.2, 0) is 6.54 Å². The van der Waals surface area contributed by atoms with Gasteiger partial charge >= 0.3 is 0 Å². The molecule has 1 aliphatic carbocycles. The van der Waals surface area contributed by atoms with Gasteiger partial charge in [-0.2, -0.15) is 0 Å². The number of nitrogens with one attached hydrogen (secondary N) is 1. The van der Waals surface area contributed by atoms with E-state index in [1.807, 2.05) is 0 Å². The minimum Gasteiger partial charge on any atom is -0.392 e. The van der Waals surface area contributed by atoms with Crippen LogP contribution in [0.4, 0.5) is 5.69 Å². The summed E-state index contributed by atoms with van der Waals surface area (Å²) in [6.07, 6.45) is 4.12. The number of halogens is 1. The molecule has 0 aromatic heterocycles. The zero-order valence-electron chi connectivity index (χ0n) is 11.2. The predicted molar refractivity (Wildman–Crippen MR) is 77.8 cm³/mol. The van der Waals surface area contributed by atoms with Gasteiger partial charge in [0.05, 0.1) is 11.0 Å². The van der Waals surface area contributed by atoms with Crippen molar-refractivity contribution in [2.45, 2.75) is 38.3 Å². The van der Waals surface area contributed by atoms with Gasteiger partial charge in [0.1, 0.15) is 0 Å². The van der Waals surface area contributed by atoms with Crippen molar-refractivity contribution < 1.29 is 10.0 Å². The molecular formula is C14H19ClN2O3. The molecular weight excluding hydrogens is 280 g/mol. The summed E-state index contributed by atoms with van der Waals surface area (Å²) < 4.78 is 0. The number of nitro benzene ring substituents is 1. The van der Waals surface area contributed by atoms with Crippen LogP contribution >= 0.6 is 11.6 Å². The monoisotopic (exact) mass is 298 g/mol. The van der Waals surface area contributed by atoms with Crippen LogP contribution in [-0.4, -0.2) is 22.7 Å². The van der Waals surface area contributed by atoms with Crippen LogP contribution in [0.3, 0.4) is 0 Å². The summed E-state index contributed by atoms with van der Waals surface area (Å²) in [7, 11) is 0. The van der Waals surface area contributed by atoms with Crippen molar-refractivity contribution in [3.8, 4) is 0 Å². The molecule has 1 aromatic carbocycles. The van der Waals surface area contributed by atoms with Gasteiger partial charge in [0, 0.05) is 29.7 Å². The molecule has 6 heteroatoms. The van der Waals surface area contributed by atoms with Crippen molar-refractivity contribution in [2.24, 2.45) is 5.92 Å². The molecule has 1 unspecified atom stereocenters. The molecule has 0 spiro atoms. The Balaban J connectivity index is 1.90. The van der Waals surface area contributed by atoms with Gasteiger partial charge in [-0.1, -0.05) is 24.4 Å². The second-order valence-electron chi connectivity index (χ2n) is 5.27. The first-order valence-electron chi connectivity index (χ1n) is 6.89. The third kappa shape index (κ3) is 3.91. The normalized spacial score (nSPS) is 17.3. The molecule has 0 bridgehead atoms. The molecule has 1 fully saturated rings. The van der Waals surface area contributed by atoms with Gasteiger partial charge in [0.2, 0.25) is 0 Å². The van der Waals surface area contributed by atoms with E-state index in [9.17, 15) is 15.2 Å². The quantitative estimate of drug-likeness (QED) is 0.625. The van der Waals surface area contributed by atoms with Gasteiger partial charge in [-0.25, -0.2) is 0 Å². The topological polar surface area (TPSA) is 75.4 Å². The van der Waals surface area contributed by atoms with E-state index in [4.69, 9.17) is 11.6 Å². The van der Waals surface area contributed by atoms with Gasteiger partial charge in [-0.05, 0) is 30.9 Å². The maximum Gasteiger partial charge on any atom is 0.273 e. The summed E-state index contributed by atoms with van der Waals surface area (Å²) in [5.74, 6) is 0.358. The Labute approximate surface area is 123 Å². The highest BCUT2D eigenvalue weighted by atomic mass is 35.5. The molecule has 1 aromatic rings. The Morgan fingerprint density at radius 3 is 2.80 bits per heavy atom. The van der Waals surface area contributed by atoms with Crippen LogP contribution in [0.1, 0.15) is 31.2 Å². The smallest absolute Gasteiger partial charge is 0.273 e. The van der Waals surface area contributed by atoms with Crippen molar-refractivity contribution in [3.05, 3.63) is 38.9 Å². The Kier molecular flexibility index (Phi) is 5.34.